The molecule has 0 amide bonds. The number of benzene rings is 2. The van der Waals surface area contributed by atoms with Crippen LogP contribution in [-0.2, 0) is 13.2 Å². The standard InChI is InChI=1S/C25H18Cl2FN5O/c26-18-4-1-17(20(27)12-18)13-30-25-29-9-7-21(31-25)24-23(16-2-5-19(28)6-3-16)32-22-11-15(14-34)8-10-33(22)24/h1-12,34H,13-14H2,(H,29,30,31). The number of pyridine rings is 1. The lowest BCUT2D eigenvalue weighted by Crippen LogP contribution is -2.05. The monoisotopic (exact) mass is 493 g/mol. The van der Waals surface area contributed by atoms with E-state index in [0.717, 1.165) is 22.4 Å². The number of nitrogens with zero attached hydrogens (tertiary/aromatic N) is 4. The molecule has 0 aliphatic rings. The number of rotatable bonds is 6. The molecule has 9 heteroatoms. The largest absolute Gasteiger partial charge is 0.392 e. The molecule has 0 fully saturated rings. The minimum absolute atomic E-state index is 0.0978. The van der Waals surface area contributed by atoms with Crippen LogP contribution in [0.3, 0.4) is 0 Å². The van der Waals surface area contributed by atoms with E-state index in [-0.39, 0.29) is 12.4 Å². The third-order valence-corrected chi connectivity index (χ3v) is 5.93. The van der Waals surface area contributed by atoms with Crippen molar-refractivity contribution in [1.82, 2.24) is 19.4 Å². The lowest BCUT2D eigenvalue weighted by atomic mass is 10.1. The highest BCUT2D eigenvalue weighted by Crippen LogP contribution is 2.32. The van der Waals surface area contributed by atoms with Gasteiger partial charge in [0, 0.05) is 34.5 Å². The summed E-state index contributed by atoms with van der Waals surface area (Å²) in [5, 5.41) is 13.9. The second kappa shape index (κ2) is 9.38. The number of hydrogen-bond donors (Lipinski definition) is 2. The maximum Gasteiger partial charge on any atom is 0.223 e. The summed E-state index contributed by atoms with van der Waals surface area (Å²) >= 11 is 12.3. The molecule has 0 aliphatic carbocycles. The predicted molar refractivity (Wildman–Crippen MR) is 131 cm³/mol. The van der Waals surface area contributed by atoms with E-state index in [2.05, 4.69) is 10.3 Å². The fourth-order valence-electron chi connectivity index (χ4n) is 3.65. The highest BCUT2D eigenvalue weighted by molar-refractivity contribution is 6.35. The van der Waals surface area contributed by atoms with E-state index in [4.69, 9.17) is 33.2 Å². The summed E-state index contributed by atoms with van der Waals surface area (Å²) in [7, 11) is 0. The van der Waals surface area contributed by atoms with Gasteiger partial charge in [-0.05, 0) is 65.7 Å². The smallest absolute Gasteiger partial charge is 0.223 e. The first-order chi connectivity index (χ1) is 16.5. The highest BCUT2D eigenvalue weighted by atomic mass is 35.5. The lowest BCUT2D eigenvalue weighted by Gasteiger charge is -2.10. The summed E-state index contributed by atoms with van der Waals surface area (Å²) in [6, 6.07) is 16.9. The molecule has 0 aliphatic heterocycles. The second-order valence-corrected chi connectivity index (χ2v) is 8.44. The van der Waals surface area contributed by atoms with Gasteiger partial charge in [-0.2, -0.15) is 0 Å². The van der Waals surface area contributed by atoms with Gasteiger partial charge in [0.05, 0.1) is 23.7 Å². The van der Waals surface area contributed by atoms with E-state index >= 15 is 0 Å². The van der Waals surface area contributed by atoms with Crippen molar-refractivity contribution in [2.75, 3.05) is 5.32 Å². The van der Waals surface area contributed by atoms with Gasteiger partial charge >= 0.3 is 0 Å². The zero-order chi connectivity index (χ0) is 23.7. The molecule has 0 saturated carbocycles. The number of hydrogen-bond acceptors (Lipinski definition) is 5. The van der Waals surface area contributed by atoms with E-state index in [1.54, 1.807) is 42.6 Å². The van der Waals surface area contributed by atoms with Crippen molar-refractivity contribution in [3.05, 3.63) is 100 Å². The van der Waals surface area contributed by atoms with Crippen LogP contribution in [0.25, 0.3) is 28.3 Å². The van der Waals surface area contributed by atoms with Crippen LogP contribution in [0.2, 0.25) is 10.0 Å². The summed E-state index contributed by atoms with van der Waals surface area (Å²) in [6.07, 6.45) is 3.49. The van der Waals surface area contributed by atoms with Gasteiger partial charge in [0.25, 0.3) is 0 Å². The molecule has 2 aromatic carbocycles. The Labute approximate surface area is 204 Å². The maximum absolute atomic E-state index is 13.6. The van der Waals surface area contributed by atoms with E-state index in [1.165, 1.54) is 12.1 Å². The normalized spacial score (nSPS) is 11.2. The van der Waals surface area contributed by atoms with Crippen LogP contribution in [0.5, 0.6) is 0 Å². The van der Waals surface area contributed by atoms with Crippen LogP contribution >= 0.6 is 23.2 Å². The molecule has 3 heterocycles. The fraction of sp³-hybridized carbons (Fsp3) is 0.0800. The van der Waals surface area contributed by atoms with Crippen LogP contribution in [0, 0.1) is 5.82 Å². The average molecular weight is 494 g/mol. The molecule has 0 atom stereocenters. The van der Waals surface area contributed by atoms with Gasteiger partial charge in [0.2, 0.25) is 5.95 Å². The van der Waals surface area contributed by atoms with Crippen LogP contribution in [0.4, 0.5) is 10.3 Å². The van der Waals surface area contributed by atoms with E-state index < -0.39 is 0 Å². The average Bonchev–Trinajstić information content (AvgIpc) is 3.23. The number of fused-ring (bicyclic) bond motifs is 1. The van der Waals surface area contributed by atoms with E-state index in [9.17, 15) is 9.50 Å². The molecular formula is C25H18Cl2FN5O. The van der Waals surface area contributed by atoms with Crippen molar-refractivity contribution < 1.29 is 9.50 Å². The first-order valence-electron chi connectivity index (χ1n) is 10.4. The number of aliphatic hydroxyl groups excluding tert-OH is 1. The highest BCUT2D eigenvalue weighted by Gasteiger charge is 2.18. The molecule has 5 rings (SSSR count). The minimum Gasteiger partial charge on any atom is -0.392 e. The minimum atomic E-state index is -0.328. The van der Waals surface area contributed by atoms with Gasteiger partial charge in [-0.1, -0.05) is 29.3 Å². The Morgan fingerprint density at radius 3 is 2.56 bits per heavy atom. The quantitative estimate of drug-likeness (QED) is 0.303. The molecule has 6 nitrogen and oxygen atoms in total. The van der Waals surface area contributed by atoms with Crippen LogP contribution < -0.4 is 5.32 Å². The maximum atomic E-state index is 13.6. The van der Waals surface area contributed by atoms with Gasteiger partial charge in [-0.15, -0.1) is 0 Å². The first kappa shape index (κ1) is 22.3. The van der Waals surface area contributed by atoms with E-state index in [0.29, 0.717) is 39.6 Å². The third-order valence-electron chi connectivity index (χ3n) is 5.34. The fourth-order valence-corrected chi connectivity index (χ4v) is 4.13. The van der Waals surface area contributed by atoms with Gasteiger partial charge < -0.3 is 10.4 Å². The van der Waals surface area contributed by atoms with Crippen molar-refractivity contribution in [2.45, 2.75) is 13.2 Å². The van der Waals surface area contributed by atoms with Crippen molar-refractivity contribution in [2.24, 2.45) is 0 Å². The number of aromatic nitrogens is 4. The number of anilines is 1. The SMILES string of the molecule is OCc1ccn2c(-c3ccnc(NCc4ccc(Cl)cc4Cl)n3)c(-c3ccc(F)cc3)nc2c1. The Balaban J connectivity index is 1.56. The topological polar surface area (TPSA) is 75.3 Å². The molecule has 0 bridgehead atoms. The summed E-state index contributed by atoms with van der Waals surface area (Å²) in [4.78, 5) is 13.8. The Morgan fingerprint density at radius 1 is 0.971 bits per heavy atom. The molecule has 5 aromatic rings. The number of aliphatic hydroxyl groups is 1. The summed E-state index contributed by atoms with van der Waals surface area (Å²) in [5.74, 6) is 0.0847. The molecule has 0 saturated heterocycles. The Hall–Kier alpha value is -3.52. The van der Waals surface area contributed by atoms with Crippen molar-refractivity contribution in [3.8, 4) is 22.6 Å². The molecular weight excluding hydrogens is 476 g/mol. The molecule has 3 aromatic heterocycles. The zero-order valence-electron chi connectivity index (χ0n) is 17.7. The molecule has 170 valence electrons. The van der Waals surface area contributed by atoms with Crippen LogP contribution in [0.1, 0.15) is 11.1 Å². The number of halogens is 3. The Morgan fingerprint density at radius 2 is 1.79 bits per heavy atom. The number of imidazole rings is 1. The summed E-state index contributed by atoms with van der Waals surface area (Å²) in [5.41, 5.74) is 4.97. The van der Waals surface area contributed by atoms with Crippen molar-refractivity contribution in [1.29, 1.82) is 0 Å². The summed E-state index contributed by atoms with van der Waals surface area (Å²) in [6.45, 7) is 0.316. The molecule has 2 N–H and O–H groups in total. The van der Waals surface area contributed by atoms with Gasteiger partial charge in [0.15, 0.2) is 0 Å². The first-order valence-corrected chi connectivity index (χ1v) is 11.2. The molecule has 0 spiro atoms. The molecule has 0 unspecified atom stereocenters. The molecule has 34 heavy (non-hydrogen) atoms. The van der Waals surface area contributed by atoms with E-state index in [1.807, 2.05) is 22.7 Å². The lowest BCUT2D eigenvalue weighted by molar-refractivity contribution is 0.282. The summed E-state index contributed by atoms with van der Waals surface area (Å²) < 4.78 is 15.4. The Kier molecular flexibility index (Phi) is 6.15. The predicted octanol–water partition coefficient (Wildman–Crippen LogP) is 6.01. The zero-order valence-corrected chi connectivity index (χ0v) is 19.2. The molecule has 0 radical (unpaired) electrons. The van der Waals surface area contributed by atoms with Gasteiger partial charge in [0.1, 0.15) is 11.5 Å². The van der Waals surface area contributed by atoms with Crippen molar-refractivity contribution >= 4 is 34.8 Å². The van der Waals surface area contributed by atoms with Gasteiger partial charge in [-0.3, -0.25) is 4.40 Å². The van der Waals surface area contributed by atoms with Gasteiger partial charge in [-0.25, -0.2) is 19.3 Å². The Bertz CT molecular complexity index is 1490. The number of nitrogens with one attached hydrogen (secondary N) is 1. The van der Waals surface area contributed by atoms with Crippen molar-refractivity contribution in [3.63, 3.8) is 0 Å². The second-order valence-electron chi connectivity index (χ2n) is 7.59. The van der Waals surface area contributed by atoms with Crippen LogP contribution in [0.15, 0.2) is 73.1 Å². The van der Waals surface area contributed by atoms with Crippen LogP contribution in [-0.4, -0.2) is 24.5 Å². The third kappa shape index (κ3) is 4.46.